The Morgan fingerprint density at radius 3 is 2.55 bits per heavy atom. The molecule has 2 N–H and O–H groups in total. The summed E-state index contributed by atoms with van der Waals surface area (Å²) in [5, 5.41) is 12.0. The quantitative estimate of drug-likeness (QED) is 0.579. The molecule has 0 spiro atoms. The second-order valence-electron chi connectivity index (χ2n) is 7.35. The Hall–Kier alpha value is -2.49. The van der Waals surface area contributed by atoms with Gasteiger partial charge < -0.3 is 24.9 Å². The summed E-state index contributed by atoms with van der Waals surface area (Å²) in [7, 11) is 0. The largest absolute Gasteiger partial charge is 0.465 e. The molecule has 0 aromatic heterocycles. The van der Waals surface area contributed by atoms with Crippen molar-refractivity contribution in [2.45, 2.75) is 63.3 Å². The summed E-state index contributed by atoms with van der Waals surface area (Å²) in [6.07, 6.45) is -4.54. The van der Waals surface area contributed by atoms with E-state index in [9.17, 15) is 32.7 Å². The molecule has 0 saturated carbocycles. The number of hydrogen-bond donors (Lipinski definition) is 2. The van der Waals surface area contributed by atoms with Crippen molar-refractivity contribution in [2.24, 2.45) is 0 Å². The van der Waals surface area contributed by atoms with Crippen molar-refractivity contribution < 1.29 is 37.4 Å². The topological polar surface area (TPSA) is 95.9 Å². The zero-order valence-electron chi connectivity index (χ0n) is 16.8. The lowest BCUT2D eigenvalue weighted by atomic mass is 9.89. The van der Waals surface area contributed by atoms with Gasteiger partial charge in [0.1, 0.15) is 6.29 Å². The third-order valence-corrected chi connectivity index (χ3v) is 5.41. The van der Waals surface area contributed by atoms with Crippen LogP contribution in [0.5, 0.6) is 0 Å². The van der Waals surface area contributed by atoms with Crippen LogP contribution in [0.2, 0.25) is 5.02 Å². The molecule has 2 amide bonds. The number of aldehydes is 1. The monoisotopic (exact) mass is 464 g/mol. The number of rotatable bonds is 7. The number of ether oxygens (including phenoxy) is 1. The minimum absolute atomic E-state index is 0.0202. The molecular formula is C20H24ClF3N2O5. The number of piperidine rings is 1. The number of carboxylic acid groups (broad SMARTS) is 1. The maximum atomic E-state index is 12.9. The van der Waals surface area contributed by atoms with Gasteiger partial charge in [0.25, 0.3) is 0 Å². The number of alkyl carbamates (subject to hydrolysis) is 1. The Morgan fingerprint density at radius 2 is 1.97 bits per heavy atom. The van der Waals surface area contributed by atoms with E-state index in [1.165, 1.54) is 11.0 Å². The minimum Gasteiger partial charge on any atom is -0.465 e. The van der Waals surface area contributed by atoms with Gasteiger partial charge in [-0.15, -0.1) is 0 Å². The number of carbonyl (C=O) groups is 3. The molecule has 7 nitrogen and oxygen atoms in total. The maximum absolute atomic E-state index is 12.9. The molecule has 1 heterocycles. The highest BCUT2D eigenvalue weighted by atomic mass is 35.5. The highest BCUT2D eigenvalue weighted by molar-refractivity contribution is 6.30. The third-order valence-electron chi connectivity index (χ3n) is 5.19. The standard InChI is InChI=1S/C20H24ClF3N2O5/c1-2-16-10-15(11-17(3-5-27)26(16)19(29)30)25-18(28)31-6-4-12-7-13(20(22,23)24)9-14(21)8-12/h5,7-9,15-17H,2-4,6,10-11H2,1H3,(H,25,28)(H,29,30). The lowest BCUT2D eigenvalue weighted by Gasteiger charge is -2.43. The summed E-state index contributed by atoms with van der Waals surface area (Å²) in [5.41, 5.74) is -0.601. The van der Waals surface area contributed by atoms with E-state index in [1.54, 1.807) is 0 Å². The predicted octanol–water partition coefficient (Wildman–Crippen LogP) is 4.51. The Bertz CT molecular complexity index is 806. The van der Waals surface area contributed by atoms with Gasteiger partial charge in [-0.25, -0.2) is 9.59 Å². The van der Waals surface area contributed by atoms with Crippen molar-refractivity contribution in [2.75, 3.05) is 6.61 Å². The molecule has 1 saturated heterocycles. The Labute approximate surface area is 182 Å². The molecule has 31 heavy (non-hydrogen) atoms. The number of alkyl halides is 3. The van der Waals surface area contributed by atoms with Gasteiger partial charge in [0.15, 0.2) is 0 Å². The van der Waals surface area contributed by atoms with Crippen LogP contribution in [0.1, 0.15) is 43.7 Å². The van der Waals surface area contributed by atoms with Gasteiger partial charge in [0, 0.05) is 36.0 Å². The molecule has 11 heteroatoms. The third kappa shape index (κ3) is 7.02. The fraction of sp³-hybridized carbons (Fsp3) is 0.550. The van der Waals surface area contributed by atoms with Gasteiger partial charge in [-0.2, -0.15) is 13.2 Å². The van der Waals surface area contributed by atoms with E-state index in [-0.39, 0.29) is 48.5 Å². The van der Waals surface area contributed by atoms with Crippen LogP contribution in [0.15, 0.2) is 18.2 Å². The van der Waals surface area contributed by atoms with Crippen molar-refractivity contribution in [3.8, 4) is 0 Å². The van der Waals surface area contributed by atoms with Gasteiger partial charge in [0.05, 0.1) is 12.2 Å². The molecule has 0 bridgehead atoms. The number of hydrogen-bond acceptors (Lipinski definition) is 4. The van der Waals surface area contributed by atoms with Gasteiger partial charge in [0.2, 0.25) is 0 Å². The zero-order valence-corrected chi connectivity index (χ0v) is 17.6. The van der Waals surface area contributed by atoms with Crippen LogP contribution in [0, 0.1) is 0 Å². The minimum atomic E-state index is -4.53. The Balaban J connectivity index is 1.92. The van der Waals surface area contributed by atoms with Crippen LogP contribution in [0.25, 0.3) is 0 Å². The van der Waals surface area contributed by atoms with Crippen molar-refractivity contribution >= 4 is 30.1 Å². The van der Waals surface area contributed by atoms with Crippen LogP contribution in [0.3, 0.4) is 0 Å². The Kier molecular flexibility index (Phi) is 8.55. The molecule has 1 aliphatic heterocycles. The highest BCUT2D eigenvalue weighted by Crippen LogP contribution is 2.32. The maximum Gasteiger partial charge on any atom is 0.416 e. The second-order valence-corrected chi connectivity index (χ2v) is 7.79. The van der Waals surface area contributed by atoms with Crippen molar-refractivity contribution in [1.29, 1.82) is 0 Å². The van der Waals surface area contributed by atoms with E-state index in [0.717, 1.165) is 12.1 Å². The van der Waals surface area contributed by atoms with E-state index >= 15 is 0 Å². The van der Waals surface area contributed by atoms with Crippen LogP contribution in [-0.2, 0) is 22.1 Å². The molecule has 3 unspecified atom stereocenters. The normalized spacial score (nSPS) is 21.5. The second kappa shape index (κ2) is 10.7. The van der Waals surface area contributed by atoms with Gasteiger partial charge in [-0.3, -0.25) is 0 Å². The molecule has 1 fully saturated rings. The first-order chi connectivity index (χ1) is 14.5. The van der Waals surface area contributed by atoms with Crippen molar-refractivity contribution in [1.82, 2.24) is 10.2 Å². The molecule has 3 atom stereocenters. The lowest BCUT2D eigenvalue weighted by Crippen LogP contribution is -2.56. The molecule has 2 rings (SSSR count). The molecule has 1 aromatic rings. The van der Waals surface area contributed by atoms with E-state index < -0.39 is 30.0 Å². The number of halogens is 4. The summed E-state index contributed by atoms with van der Waals surface area (Å²) in [4.78, 5) is 35.9. The fourth-order valence-corrected chi connectivity index (χ4v) is 4.08. The van der Waals surface area contributed by atoms with Gasteiger partial charge in [-0.1, -0.05) is 18.5 Å². The van der Waals surface area contributed by atoms with E-state index in [0.29, 0.717) is 19.1 Å². The molecule has 1 aliphatic rings. The number of likely N-dealkylation sites (tertiary alicyclic amines) is 1. The smallest absolute Gasteiger partial charge is 0.416 e. The average Bonchev–Trinajstić information content (AvgIpc) is 2.66. The first-order valence-corrected chi connectivity index (χ1v) is 10.2. The summed E-state index contributed by atoms with van der Waals surface area (Å²) in [6.45, 7) is 1.66. The zero-order chi connectivity index (χ0) is 23.2. The van der Waals surface area contributed by atoms with Crippen LogP contribution < -0.4 is 5.32 Å². The molecule has 0 aliphatic carbocycles. The summed E-state index contributed by atoms with van der Waals surface area (Å²) in [6, 6.07) is 1.85. The van der Waals surface area contributed by atoms with Crippen LogP contribution >= 0.6 is 11.6 Å². The molecule has 0 radical (unpaired) electrons. The molecule has 172 valence electrons. The van der Waals surface area contributed by atoms with Crippen LogP contribution in [-0.4, -0.2) is 53.2 Å². The van der Waals surface area contributed by atoms with E-state index in [2.05, 4.69) is 5.32 Å². The average molecular weight is 465 g/mol. The van der Waals surface area contributed by atoms with Gasteiger partial charge in [-0.05, 0) is 43.0 Å². The SMILES string of the molecule is CCC1CC(NC(=O)OCCc2cc(Cl)cc(C(F)(F)F)c2)CC(CC=O)N1C(=O)O. The molecular weight excluding hydrogens is 441 g/mol. The number of carbonyl (C=O) groups excluding carboxylic acids is 2. The number of nitrogens with one attached hydrogen (secondary N) is 1. The number of nitrogens with zero attached hydrogens (tertiary/aromatic N) is 1. The van der Waals surface area contributed by atoms with Crippen LogP contribution in [0.4, 0.5) is 22.8 Å². The van der Waals surface area contributed by atoms with E-state index in [4.69, 9.17) is 16.3 Å². The van der Waals surface area contributed by atoms with E-state index in [1.807, 2.05) is 6.92 Å². The first kappa shape index (κ1) is 24.8. The first-order valence-electron chi connectivity index (χ1n) is 9.80. The summed E-state index contributed by atoms with van der Waals surface area (Å²) < 4.78 is 43.7. The summed E-state index contributed by atoms with van der Waals surface area (Å²) in [5.74, 6) is 0. The Morgan fingerprint density at radius 1 is 1.29 bits per heavy atom. The van der Waals surface area contributed by atoms with Crippen molar-refractivity contribution in [3.05, 3.63) is 34.3 Å². The summed E-state index contributed by atoms with van der Waals surface area (Å²) >= 11 is 5.74. The molecule has 1 aromatic carbocycles. The van der Waals surface area contributed by atoms with Crippen molar-refractivity contribution in [3.63, 3.8) is 0 Å². The number of amides is 2. The highest BCUT2D eigenvalue weighted by Gasteiger charge is 2.38. The van der Waals surface area contributed by atoms with Gasteiger partial charge >= 0.3 is 18.4 Å². The number of benzene rings is 1. The fourth-order valence-electron chi connectivity index (χ4n) is 3.82. The predicted molar refractivity (Wildman–Crippen MR) is 106 cm³/mol. The lowest BCUT2D eigenvalue weighted by molar-refractivity contribution is -0.137.